The van der Waals surface area contributed by atoms with Gasteiger partial charge in [-0.2, -0.15) is 5.10 Å². The van der Waals surface area contributed by atoms with Gasteiger partial charge in [0.05, 0.1) is 17.6 Å². The van der Waals surface area contributed by atoms with E-state index in [0.29, 0.717) is 19.0 Å². The van der Waals surface area contributed by atoms with Crippen molar-refractivity contribution in [3.8, 4) is 11.6 Å². The molecule has 4 rings (SSSR count). The number of aryl methyl sites for hydroxylation is 2. The summed E-state index contributed by atoms with van der Waals surface area (Å²) >= 11 is 1.50. The van der Waals surface area contributed by atoms with E-state index < -0.39 is 0 Å². The summed E-state index contributed by atoms with van der Waals surface area (Å²) in [5.41, 5.74) is 4.02. The van der Waals surface area contributed by atoms with Crippen molar-refractivity contribution in [1.29, 1.82) is 0 Å². The van der Waals surface area contributed by atoms with Crippen molar-refractivity contribution < 1.29 is 9.21 Å². The summed E-state index contributed by atoms with van der Waals surface area (Å²) in [7, 11) is 0. The minimum Gasteiger partial charge on any atom is -0.440 e. The Balaban J connectivity index is 1.73. The minimum absolute atomic E-state index is 0.0926. The fraction of sp³-hybridized carbons (Fsp3) is 0.421. The van der Waals surface area contributed by atoms with Crippen LogP contribution in [0.4, 0.5) is 0 Å². The average Bonchev–Trinajstić information content (AvgIpc) is 3.31. The molecule has 1 aliphatic heterocycles. The molecule has 0 bridgehead atoms. The highest BCUT2D eigenvalue weighted by Gasteiger charge is 2.31. The Morgan fingerprint density at radius 2 is 2.15 bits per heavy atom. The van der Waals surface area contributed by atoms with Crippen molar-refractivity contribution in [2.45, 2.75) is 46.7 Å². The molecule has 0 spiro atoms. The van der Waals surface area contributed by atoms with Crippen LogP contribution in [-0.4, -0.2) is 32.1 Å². The molecule has 4 heterocycles. The lowest BCUT2D eigenvalue weighted by atomic mass is 10.0. The largest absolute Gasteiger partial charge is 0.440 e. The number of rotatable bonds is 3. The maximum atomic E-state index is 13.0. The first-order valence-electron chi connectivity index (χ1n) is 8.82. The van der Waals surface area contributed by atoms with Gasteiger partial charge < -0.3 is 9.32 Å². The first-order valence-corrected chi connectivity index (χ1v) is 9.70. The molecular formula is C19H22N4O2S. The molecule has 0 N–H and O–H groups in total. The quantitative estimate of drug-likeness (QED) is 0.699. The van der Waals surface area contributed by atoms with Crippen molar-refractivity contribution in [2.24, 2.45) is 0 Å². The third kappa shape index (κ3) is 2.76. The molecule has 136 valence electrons. The van der Waals surface area contributed by atoms with Gasteiger partial charge >= 0.3 is 0 Å². The standard InChI is InChI=1S/C19H22N4O2S/c1-11(2)23-15-5-7-22(19(24)17-12(3)6-8-26-17)10-14(15)16(21-23)18-20-9-13(4)25-18/h6,8-9,11H,5,7,10H2,1-4H3. The number of hydrogen-bond donors (Lipinski definition) is 0. The Labute approximate surface area is 156 Å². The normalized spacial score (nSPS) is 14.1. The van der Waals surface area contributed by atoms with Gasteiger partial charge in [0.2, 0.25) is 5.89 Å². The van der Waals surface area contributed by atoms with Gasteiger partial charge in [-0.3, -0.25) is 9.48 Å². The maximum Gasteiger partial charge on any atom is 0.264 e. The van der Waals surface area contributed by atoms with Gasteiger partial charge in [0.15, 0.2) is 5.69 Å². The first-order chi connectivity index (χ1) is 12.5. The fourth-order valence-electron chi connectivity index (χ4n) is 3.42. The summed E-state index contributed by atoms with van der Waals surface area (Å²) in [6.45, 7) is 9.32. The van der Waals surface area contributed by atoms with Crippen molar-refractivity contribution in [3.05, 3.63) is 45.1 Å². The highest BCUT2D eigenvalue weighted by molar-refractivity contribution is 7.12. The predicted molar refractivity (Wildman–Crippen MR) is 100 cm³/mol. The molecule has 26 heavy (non-hydrogen) atoms. The second-order valence-electron chi connectivity index (χ2n) is 7.00. The summed E-state index contributed by atoms with van der Waals surface area (Å²) in [5, 5.41) is 6.74. The molecule has 0 saturated heterocycles. The molecule has 0 unspecified atom stereocenters. The van der Waals surface area contributed by atoms with Crippen LogP contribution in [0.1, 0.15) is 52.1 Å². The fourth-order valence-corrected chi connectivity index (χ4v) is 4.31. The van der Waals surface area contributed by atoms with E-state index in [2.05, 4.69) is 18.8 Å². The van der Waals surface area contributed by atoms with Crippen LogP contribution in [0.15, 0.2) is 22.1 Å². The molecule has 0 aromatic carbocycles. The van der Waals surface area contributed by atoms with Crippen LogP contribution in [0.5, 0.6) is 0 Å². The van der Waals surface area contributed by atoms with Crippen LogP contribution in [-0.2, 0) is 13.0 Å². The Morgan fingerprint density at radius 1 is 1.35 bits per heavy atom. The molecule has 7 heteroatoms. The lowest BCUT2D eigenvalue weighted by Gasteiger charge is -2.28. The number of hydrogen-bond acceptors (Lipinski definition) is 5. The lowest BCUT2D eigenvalue weighted by Crippen LogP contribution is -2.36. The van der Waals surface area contributed by atoms with E-state index in [9.17, 15) is 4.79 Å². The van der Waals surface area contributed by atoms with Crippen molar-refractivity contribution in [1.82, 2.24) is 19.7 Å². The van der Waals surface area contributed by atoms with Crippen LogP contribution in [0, 0.1) is 13.8 Å². The van der Waals surface area contributed by atoms with Gasteiger partial charge in [-0.1, -0.05) is 0 Å². The number of fused-ring (bicyclic) bond motifs is 1. The highest BCUT2D eigenvalue weighted by Crippen LogP contribution is 2.32. The monoisotopic (exact) mass is 370 g/mol. The van der Waals surface area contributed by atoms with Crippen molar-refractivity contribution in [2.75, 3.05) is 6.54 Å². The molecule has 0 radical (unpaired) electrons. The third-order valence-corrected chi connectivity index (χ3v) is 5.75. The smallest absolute Gasteiger partial charge is 0.264 e. The van der Waals surface area contributed by atoms with Gasteiger partial charge in [0.1, 0.15) is 5.76 Å². The predicted octanol–water partition coefficient (Wildman–Crippen LogP) is 4.00. The van der Waals surface area contributed by atoms with Gasteiger partial charge in [-0.15, -0.1) is 11.3 Å². The zero-order valence-corrected chi connectivity index (χ0v) is 16.3. The highest BCUT2D eigenvalue weighted by atomic mass is 32.1. The van der Waals surface area contributed by atoms with E-state index >= 15 is 0 Å². The molecule has 0 aliphatic carbocycles. The lowest BCUT2D eigenvalue weighted by molar-refractivity contribution is 0.0737. The van der Waals surface area contributed by atoms with Gasteiger partial charge in [0.25, 0.3) is 5.91 Å². The van der Waals surface area contributed by atoms with Crippen molar-refractivity contribution >= 4 is 17.2 Å². The molecule has 0 atom stereocenters. The number of nitrogens with zero attached hydrogens (tertiary/aromatic N) is 4. The molecule has 6 nitrogen and oxygen atoms in total. The Bertz CT molecular complexity index is 966. The first kappa shape index (κ1) is 17.0. The van der Waals surface area contributed by atoms with E-state index in [0.717, 1.165) is 33.9 Å². The molecule has 1 amide bonds. The zero-order valence-electron chi connectivity index (χ0n) is 15.4. The topological polar surface area (TPSA) is 64.2 Å². The van der Waals surface area contributed by atoms with E-state index in [1.165, 1.54) is 17.0 Å². The summed E-state index contributed by atoms with van der Waals surface area (Å²) in [4.78, 5) is 20.0. The number of oxazole rings is 1. The van der Waals surface area contributed by atoms with Gasteiger partial charge in [-0.25, -0.2) is 4.98 Å². The Hall–Kier alpha value is -2.41. The molecule has 1 aliphatic rings. The Kier molecular flexibility index (Phi) is 4.19. The van der Waals surface area contributed by atoms with Crippen LogP contribution < -0.4 is 0 Å². The summed E-state index contributed by atoms with van der Waals surface area (Å²) in [5.74, 6) is 1.38. The van der Waals surface area contributed by atoms with Gasteiger partial charge in [-0.05, 0) is 44.7 Å². The van der Waals surface area contributed by atoms with Gasteiger partial charge in [0, 0.05) is 30.3 Å². The van der Waals surface area contributed by atoms with Crippen LogP contribution in [0.2, 0.25) is 0 Å². The minimum atomic E-state index is 0.0926. The third-order valence-electron chi connectivity index (χ3n) is 4.74. The van der Waals surface area contributed by atoms with Crippen LogP contribution in [0.25, 0.3) is 11.6 Å². The SMILES string of the molecule is Cc1cnc(-c2nn(C(C)C)c3c2CN(C(=O)c2sccc2C)CC3)o1. The number of aromatic nitrogens is 3. The number of carbonyl (C=O) groups excluding carboxylic acids is 1. The molecule has 0 fully saturated rings. The average molecular weight is 370 g/mol. The second kappa shape index (κ2) is 6.39. The number of carbonyl (C=O) groups is 1. The van der Waals surface area contributed by atoms with Crippen molar-refractivity contribution in [3.63, 3.8) is 0 Å². The maximum absolute atomic E-state index is 13.0. The summed E-state index contributed by atoms with van der Waals surface area (Å²) < 4.78 is 7.77. The summed E-state index contributed by atoms with van der Waals surface area (Å²) in [6.07, 6.45) is 2.49. The molecule has 3 aromatic rings. The van der Waals surface area contributed by atoms with E-state index in [1.54, 1.807) is 6.20 Å². The van der Waals surface area contributed by atoms with Crippen LogP contribution in [0.3, 0.4) is 0 Å². The second-order valence-corrected chi connectivity index (χ2v) is 7.91. The number of thiophene rings is 1. The van der Waals surface area contributed by atoms with Crippen LogP contribution >= 0.6 is 11.3 Å². The Morgan fingerprint density at radius 3 is 2.77 bits per heavy atom. The molecule has 3 aromatic heterocycles. The number of amides is 1. The zero-order chi connectivity index (χ0) is 18.4. The molecule has 0 saturated carbocycles. The summed E-state index contributed by atoms with van der Waals surface area (Å²) in [6, 6.07) is 2.24. The van der Waals surface area contributed by atoms with E-state index in [4.69, 9.17) is 9.52 Å². The van der Waals surface area contributed by atoms with E-state index in [1.807, 2.05) is 34.9 Å². The molecular weight excluding hydrogens is 348 g/mol. The van der Waals surface area contributed by atoms with E-state index in [-0.39, 0.29) is 11.9 Å².